The van der Waals surface area contributed by atoms with Crippen LogP contribution in [0, 0.1) is 0 Å². The smallest absolute Gasteiger partial charge is 0.347 e. The van der Waals surface area contributed by atoms with Crippen LogP contribution in [0.15, 0.2) is 41.5 Å². The van der Waals surface area contributed by atoms with E-state index in [2.05, 4.69) is 10.3 Å². The van der Waals surface area contributed by atoms with Crippen molar-refractivity contribution in [3.05, 3.63) is 52.2 Å². The zero-order chi connectivity index (χ0) is 13.8. The molecule has 0 unspecified atom stereocenters. The first-order valence-electron chi connectivity index (χ1n) is 5.42. The van der Waals surface area contributed by atoms with Gasteiger partial charge in [0.25, 0.3) is 0 Å². The summed E-state index contributed by atoms with van der Waals surface area (Å²) in [4.78, 5) is 26.7. The summed E-state index contributed by atoms with van der Waals surface area (Å²) < 4.78 is 1.20. The number of halogens is 1. The number of anilines is 2. The zero-order valence-electron chi connectivity index (χ0n) is 9.84. The van der Waals surface area contributed by atoms with E-state index in [0.717, 1.165) is 0 Å². The van der Waals surface area contributed by atoms with Crippen LogP contribution in [0.2, 0.25) is 5.02 Å². The van der Waals surface area contributed by atoms with Crippen LogP contribution in [0.1, 0.15) is 0 Å². The molecule has 0 radical (unpaired) electrons. The van der Waals surface area contributed by atoms with E-state index >= 15 is 0 Å². The molecule has 0 spiro atoms. The molecule has 0 saturated heterocycles. The number of aromatic nitrogens is 2. The summed E-state index contributed by atoms with van der Waals surface area (Å²) in [5.41, 5.74) is 6.04. The summed E-state index contributed by atoms with van der Waals surface area (Å²) in [5.74, 6) is -0.350. The Bertz CT molecular complexity index is 669. The molecule has 2 rings (SSSR count). The van der Waals surface area contributed by atoms with E-state index in [1.54, 1.807) is 24.3 Å². The molecule has 0 aliphatic heterocycles. The zero-order valence-corrected chi connectivity index (χ0v) is 10.6. The van der Waals surface area contributed by atoms with Crippen molar-refractivity contribution in [3.63, 3.8) is 0 Å². The van der Waals surface area contributed by atoms with Crippen LogP contribution in [0.3, 0.4) is 0 Å². The van der Waals surface area contributed by atoms with Gasteiger partial charge in [0, 0.05) is 18.1 Å². The van der Waals surface area contributed by atoms with Crippen molar-refractivity contribution in [1.29, 1.82) is 0 Å². The average molecular weight is 279 g/mol. The van der Waals surface area contributed by atoms with E-state index in [0.29, 0.717) is 16.4 Å². The normalized spacial score (nSPS) is 10.2. The van der Waals surface area contributed by atoms with Gasteiger partial charge in [0.05, 0.1) is 10.7 Å². The van der Waals surface area contributed by atoms with Crippen molar-refractivity contribution in [2.24, 2.45) is 0 Å². The number of nitrogens with two attached hydrogens (primary N) is 1. The molecule has 0 saturated carbocycles. The summed E-state index contributed by atoms with van der Waals surface area (Å²) >= 11 is 5.78. The van der Waals surface area contributed by atoms with Crippen LogP contribution in [-0.4, -0.2) is 15.5 Å². The summed E-state index contributed by atoms with van der Waals surface area (Å²) in [7, 11) is 0. The number of nitrogens with zero attached hydrogens (tertiary/aromatic N) is 2. The van der Waals surface area contributed by atoms with Crippen molar-refractivity contribution in [3.8, 4) is 0 Å². The maximum atomic E-state index is 11.8. The van der Waals surface area contributed by atoms with Gasteiger partial charge in [-0.05, 0) is 24.3 Å². The fourth-order valence-corrected chi connectivity index (χ4v) is 1.60. The van der Waals surface area contributed by atoms with Gasteiger partial charge in [-0.1, -0.05) is 11.6 Å². The molecule has 19 heavy (non-hydrogen) atoms. The van der Waals surface area contributed by atoms with E-state index in [1.807, 2.05) is 0 Å². The van der Waals surface area contributed by atoms with E-state index < -0.39 is 5.69 Å². The summed E-state index contributed by atoms with van der Waals surface area (Å²) in [6.07, 6.45) is 2.86. The molecular weight excluding hydrogens is 268 g/mol. The molecule has 0 atom stereocenters. The molecule has 3 N–H and O–H groups in total. The van der Waals surface area contributed by atoms with Crippen LogP contribution < -0.4 is 16.7 Å². The fourth-order valence-electron chi connectivity index (χ4n) is 1.48. The van der Waals surface area contributed by atoms with Crippen molar-refractivity contribution < 1.29 is 4.79 Å². The number of rotatable bonds is 3. The van der Waals surface area contributed by atoms with Gasteiger partial charge in [-0.2, -0.15) is 0 Å². The third-order valence-corrected chi connectivity index (χ3v) is 2.72. The van der Waals surface area contributed by atoms with Gasteiger partial charge in [0.15, 0.2) is 0 Å². The van der Waals surface area contributed by atoms with Crippen LogP contribution >= 0.6 is 11.6 Å². The number of hydrogen-bond acceptors (Lipinski definition) is 4. The van der Waals surface area contributed by atoms with Gasteiger partial charge in [-0.15, -0.1) is 0 Å². The molecule has 1 amide bonds. The highest BCUT2D eigenvalue weighted by Crippen LogP contribution is 2.22. The second-order valence-electron chi connectivity index (χ2n) is 3.81. The van der Waals surface area contributed by atoms with Crippen LogP contribution in [0.5, 0.6) is 0 Å². The molecule has 0 fully saturated rings. The molecule has 7 heteroatoms. The van der Waals surface area contributed by atoms with E-state index in [4.69, 9.17) is 17.3 Å². The highest BCUT2D eigenvalue weighted by molar-refractivity contribution is 6.33. The highest BCUT2D eigenvalue weighted by Gasteiger charge is 2.06. The second kappa shape index (κ2) is 5.53. The van der Waals surface area contributed by atoms with Gasteiger partial charge in [0.1, 0.15) is 6.54 Å². The molecule has 6 nitrogen and oxygen atoms in total. The minimum absolute atomic E-state index is 0.116. The predicted octanol–water partition coefficient (Wildman–Crippen LogP) is 1.12. The molecule has 1 heterocycles. The van der Waals surface area contributed by atoms with E-state index in [9.17, 15) is 9.59 Å². The predicted molar refractivity (Wildman–Crippen MR) is 73.0 cm³/mol. The van der Waals surface area contributed by atoms with E-state index in [1.165, 1.54) is 17.0 Å². The van der Waals surface area contributed by atoms with Gasteiger partial charge < -0.3 is 11.1 Å². The molecule has 98 valence electrons. The van der Waals surface area contributed by atoms with Gasteiger partial charge >= 0.3 is 5.69 Å². The Balaban J connectivity index is 2.08. The summed E-state index contributed by atoms with van der Waals surface area (Å²) in [6.45, 7) is -0.116. The number of carbonyl (C=O) groups is 1. The minimum atomic E-state index is -0.478. The quantitative estimate of drug-likeness (QED) is 0.823. The van der Waals surface area contributed by atoms with E-state index in [-0.39, 0.29) is 12.5 Å². The largest absolute Gasteiger partial charge is 0.397 e. The number of hydrogen-bond donors (Lipinski definition) is 2. The van der Waals surface area contributed by atoms with Crippen molar-refractivity contribution in [2.45, 2.75) is 6.54 Å². The topological polar surface area (TPSA) is 90.0 Å². The fraction of sp³-hybridized carbons (Fsp3) is 0.0833. The molecular formula is C12H11ClN4O2. The Labute approximate surface area is 113 Å². The minimum Gasteiger partial charge on any atom is -0.397 e. The van der Waals surface area contributed by atoms with Gasteiger partial charge in [-0.3, -0.25) is 9.36 Å². The lowest BCUT2D eigenvalue weighted by atomic mass is 10.3. The number of benzene rings is 1. The van der Waals surface area contributed by atoms with Crippen LogP contribution in [0.4, 0.5) is 11.4 Å². The third kappa shape index (κ3) is 3.32. The molecule has 0 aliphatic rings. The first-order chi connectivity index (χ1) is 9.06. The first kappa shape index (κ1) is 13.1. The standard InChI is InChI=1S/C12H11ClN4O2/c13-9-3-2-8(6-10(9)14)16-11(18)7-17-5-1-4-15-12(17)19/h1-6H,7,14H2,(H,16,18). The lowest BCUT2D eigenvalue weighted by Gasteiger charge is -2.07. The lowest BCUT2D eigenvalue weighted by Crippen LogP contribution is -2.28. The monoisotopic (exact) mass is 278 g/mol. The second-order valence-corrected chi connectivity index (χ2v) is 4.22. The molecule has 1 aromatic heterocycles. The Morgan fingerprint density at radius 3 is 2.95 bits per heavy atom. The Morgan fingerprint density at radius 1 is 1.47 bits per heavy atom. The van der Waals surface area contributed by atoms with Gasteiger partial charge in [-0.25, -0.2) is 9.78 Å². The molecule has 0 aliphatic carbocycles. The number of amides is 1. The highest BCUT2D eigenvalue weighted by atomic mass is 35.5. The maximum Gasteiger partial charge on any atom is 0.347 e. The molecule has 0 bridgehead atoms. The number of nitrogen functional groups attached to an aromatic ring is 1. The summed E-state index contributed by atoms with van der Waals surface area (Å²) in [6, 6.07) is 6.34. The number of carbonyl (C=O) groups excluding carboxylic acids is 1. The SMILES string of the molecule is Nc1cc(NC(=O)Cn2cccnc2=O)ccc1Cl. The summed E-state index contributed by atoms with van der Waals surface area (Å²) in [5, 5.41) is 3.04. The van der Waals surface area contributed by atoms with Crippen LogP contribution in [0.25, 0.3) is 0 Å². The number of nitrogens with one attached hydrogen (secondary N) is 1. The third-order valence-electron chi connectivity index (χ3n) is 2.38. The Kier molecular flexibility index (Phi) is 3.82. The van der Waals surface area contributed by atoms with Crippen LogP contribution in [-0.2, 0) is 11.3 Å². The first-order valence-corrected chi connectivity index (χ1v) is 5.80. The molecule has 1 aromatic carbocycles. The Morgan fingerprint density at radius 2 is 2.26 bits per heavy atom. The van der Waals surface area contributed by atoms with Crippen molar-refractivity contribution in [1.82, 2.24) is 9.55 Å². The lowest BCUT2D eigenvalue weighted by molar-refractivity contribution is -0.116. The van der Waals surface area contributed by atoms with Crippen molar-refractivity contribution in [2.75, 3.05) is 11.1 Å². The Hall–Kier alpha value is -2.34. The maximum absolute atomic E-state index is 11.8. The average Bonchev–Trinajstić information content (AvgIpc) is 2.37. The van der Waals surface area contributed by atoms with Gasteiger partial charge in [0.2, 0.25) is 5.91 Å². The van der Waals surface area contributed by atoms with Crippen molar-refractivity contribution >= 4 is 28.9 Å². The molecule has 2 aromatic rings.